The van der Waals surface area contributed by atoms with Gasteiger partial charge in [0.15, 0.2) is 0 Å². The highest BCUT2D eigenvalue weighted by Gasteiger charge is 2.06. The van der Waals surface area contributed by atoms with Crippen LogP contribution in [0.4, 0.5) is 5.82 Å². The van der Waals surface area contributed by atoms with E-state index in [-0.39, 0.29) is 12.3 Å². The van der Waals surface area contributed by atoms with Crippen molar-refractivity contribution in [3.63, 3.8) is 0 Å². The Kier molecular flexibility index (Phi) is 3.41. The van der Waals surface area contributed by atoms with Crippen molar-refractivity contribution >= 4 is 11.7 Å². The predicted octanol–water partition coefficient (Wildman–Crippen LogP) is -0.591. The lowest BCUT2D eigenvalue weighted by Crippen LogP contribution is -2.23. The topological polar surface area (TPSA) is 79.5 Å². The zero-order valence-electron chi connectivity index (χ0n) is 7.90. The highest BCUT2D eigenvalue weighted by molar-refractivity contribution is 5.90. The first-order valence-electron chi connectivity index (χ1n) is 4.15. The summed E-state index contributed by atoms with van der Waals surface area (Å²) >= 11 is 0. The molecule has 0 unspecified atom stereocenters. The molecule has 14 heavy (non-hydrogen) atoms. The van der Waals surface area contributed by atoms with E-state index in [0.29, 0.717) is 12.4 Å². The van der Waals surface area contributed by atoms with Gasteiger partial charge in [-0.3, -0.25) is 4.79 Å². The highest BCUT2D eigenvalue weighted by atomic mass is 16.3. The number of aromatic nitrogens is 1. The third-order valence-corrected chi connectivity index (χ3v) is 1.74. The number of nitrogens with two attached hydrogens (primary N) is 1. The molecule has 0 aliphatic rings. The van der Waals surface area contributed by atoms with Gasteiger partial charge >= 0.3 is 0 Å². The fourth-order valence-corrected chi connectivity index (χ4v) is 0.983. The van der Waals surface area contributed by atoms with Crippen LogP contribution in [0.3, 0.4) is 0 Å². The zero-order chi connectivity index (χ0) is 10.6. The van der Waals surface area contributed by atoms with Crippen LogP contribution >= 0.6 is 0 Å². The Morgan fingerprint density at radius 3 is 3.07 bits per heavy atom. The second kappa shape index (κ2) is 4.57. The Balaban J connectivity index is 2.87. The predicted molar refractivity (Wildman–Crippen MR) is 51.9 cm³/mol. The number of aliphatic hydroxyl groups excluding tert-OH is 1. The first kappa shape index (κ1) is 10.5. The normalized spacial score (nSPS) is 9.86. The smallest absolute Gasteiger partial charge is 0.268 e. The molecule has 0 aliphatic carbocycles. The minimum absolute atomic E-state index is 0.0304. The van der Waals surface area contributed by atoms with Gasteiger partial charge in [-0.2, -0.15) is 0 Å². The molecule has 5 nitrogen and oxygen atoms in total. The first-order valence-corrected chi connectivity index (χ1v) is 4.15. The average molecular weight is 194 g/mol. The molecule has 1 amide bonds. The second-order valence-corrected chi connectivity index (χ2v) is 2.81. The Labute approximate surface area is 82.2 Å². The molecule has 0 saturated carbocycles. The van der Waals surface area contributed by atoms with Gasteiger partial charge in [-0.05, 0) is 12.1 Å². The SMILES string of the molecule is CN(CCO)c1cc[c]c(C(N)=O)n1. The fourth-order valence-electron chi connectivity index (χ4n) is 0.983. The van der Waals surface area contributed by atoms with Gasteiger partial charge in [0.05, 0.1) is 6.61 Å². The third-order valence-electron chi connectivity index (χ3n) is 1.74. The van der Waals surface area contributed by atoms with Crippen molar-refractivity contribution in [1.29, 1.82) is 0 Å². The van der Waals surface area contributed by atoms with Crippen molar-refractivity contribution in [3.05, 3.63) is 23.9 Å². The van der Waals surface area contributed by atoms with Crippen LogP contribution in [0.1, 0.15) is 10.5 Å². The molecule has 1 heterocycles. The van der Waals surface area contributed by atoms with Crippen LogP contribution in [0, 0.1) is 6.07 Å². The third kappa shape index (κ3) is 2.43. The quantitative estimate of drug-likeness (QED) is 0.671. The number of pyridine rings is 1. The van der Waals surface area contributed by atoms with Crippen LogP contribution in [0.5, 0.6) is 0 Å². The molecule has 1 aromatic rings. The van der Waals surface area contributed by atoms with Crippen LogP contribution < -0.4 is 10.6 Å². The van der Waals surface area contributed by atoms with E-state index in [1.54, 1.807) is 24.1 Å². The Hall–Kier alpha value is -1.62. The summed E-state index contributed by atoms with van der Waals surface area (Å²) in [6, 6.07) is 5.91. The zero-order valence-corrected chi connectivity index (χ0v) is 7.90. The van der Waals surface area contributed by atoms with Crippen molar-refractivity contribution < 1.29 is 9.90 Å². The molecule has 75 valence electrons. The minimum atomic E-state index is -0.607. The van der Waals surface area contributed by atoms with Crippen molar-refractivity contribution in [2.45, 2.75) is 0 Å². The Bertz CT molecular complexity index is 328. The number of amides is 1. The number of nitrogens with zero attached hydrogens (tertiary/aromatic N) is 2. The number of rotatable bonds is 4. The lowest BCUT2D eigenvalue weighted by atomic mass is 10.3. The lowest BCUT2D eigenvalue weighted by Gasteiger charge is -2.16. The number of hydrogen-bond acceptors (Lipinski definition) is 4. The summed E-state index contributed by atoms with van der Waals surface area (Å²) in [5.41, 5.74) is 5.16. The van der Waals surface area contributed by atoms with E-state index in [9.17, 15) is 4.79 Å². The van der Waals surface area contributed by atoms with E-state index in [4.69, 9.17) is 10.8 Å². The van der Waals surface area contributed by atoms with E-state index in [0.717, 1.165) is 0 Å². The van der Waals surface area contributed by atoms with Crippen LogP contribution in [0.25, 0.3) is 0 Å². The summed E-state index contributed by atoms with van der Waals surface area (Å²) < 4.78 is 0. The fraction of sp³-hybridized carbons (Fsp3) is 0.333. The monoisotopic (exact) mass is 194 g/mol. The van der Waals surface area contributed by atoms with Crippen LogP contribution in [-0.2, 0) is 0 Å². The molecule has 0 atom stereocenters. The maximum Gasteiger partial charge on any atom is 0.268 e. The number of carbonyl (C=O) groups is 1. The van der Waals surface area contributed by atoms with Crippen molar-refractivity contribution in [2.24, 2.45) is 5.73 Å². The number of anilines is 1. The maximum absolute atomic E-state index is 10.8. The molecule has 0 bridgehead atoms. The number of likely N-dealkylation sites (N-methyl/N-ethyl adjacent to an activating group) is 1. The van der Waals surface area contributed by atoms with E-state index in [1.807, 2.05) is 0 Å². The lowest BCUT2D eigenvalue weighted by molar-refractivity contribution is 0.0995. The standard InChI is InChI=1S/C9H12N3O2/c1-12(5-6-13)8-4-2-3-7(11-8)9(10)14/h2,4,13H,5-6H2,1H3,(H2,10,14). The molecule has 0 aromatic carbocycles. The summed E-state index contributed by atoms with van der Waals surface area (Å²) in [5, 5.41) is 8.71. The molecule has 0 saturated heterocycles. The summed E-state index contributed by atoms with van der Waals surface area (Å²) in [4.78, 5) is 16.5. The number of aliphatic hydroxyl groups is 1. The van der Waals surface area contributed by atoms with Gasteiger partial charge in [0.1, 0.15) is 11.5 Å². The molecular weight excluding hydrogens is 182 g/mol. The van der Waals surface area contributed by atoms with Crippen molar-refractivity contribution in [1.82, 2.24) is 4.98 Å². The molecule has 5 heteroatoms. The van der Waals surface area contributed by atoms with E-state index in [2.05, 4.69) is 11.1 Å². The molecule has 0 fully saturated rings. The minimum Gasteiger partial charge on any atom is -0.395 e. The molecule has 0 spiro atoms. The van der Waals surface area contributed by atoms with E-state index in [1.165, 1.54) is 0 Å². The maximum atomic E-state index is 10.8. The van der Waals surface area contributed by atoms with Gasteiger partial charge in [0, 0.05) is 19.7 Å². The van der Waals surface area contributed by atoms with Gasteiger partial charge in [-0.1, -0.05) is 0 Å². The molecule has 3 N–H and O–H groups in total. The van der Waals surface area contributed by atoms with Crippen LogP contribution in [0.15, 0.2) is 12.1 Å². The second-order valence-electron chi connectivity index (χ2n) is 2.81. The summed E-state index contributed by atoms with van der Waals surface area (Å²) in [6.45, 7) is 0.484. The average Bonchev–Trinajstić information content (AvgIpc) is 2.18. The summed E-state index contributed by atoms with van der Waals surface area (Å²) in [7, 11) is 1.77. The Morgan fingerprint density at radius 1 is 1.79 bits per heavy atom. The summed E-state index contributed by atoms with van der Waals surface area (Å²) in [6.07, 6.45) is 0. The number of hydrogen-bond donors (Lipinski definition) is 2. The molecule has 1 radical (unpaired) electrons. The van der Waals surface area contributed by atoms with Gasteiger partial charge in [0.2, 0.25) is 0 Å². The Morgan fingerprint density at radius 2 is 2.50 bits per heavy atom. The van der Waals surface area contributed by atoms with E-state index >= 15 is 0 Å². The van der Waals surface area contributed by atoms with Crippen molar-refractivity contribution in [3.8, 4) is 0 Å². The molecule has 1 rings (SSSR count). The highest BCUT2D eigenvalue weighted by Crippen LogP contribution is 2.08. The van der Waals surface area contributed by atoms with Gasteiger partial charge in [0.25, 0.3) is 5.91 Å². The van der Waals surface area contributed by atoms with Gasteiger partial charge in [-0.15, -0.1) is 0 Å². The van der Waals surface area contributed by atoms with Gasteiger partial charge in [-0.25, -0.2) is 4.98 Å². The summed E-state index contributed by atoms with van der Waals surface area (Å²) in [5.74, 6) is -0.0177. The van der Waals surface area contributed by atoms with Crippen LogP contribution in [-0.4, -0.2) is 36.2 Å². The largest absolute Gasteiger partial charge is 0.395 e. The molecular formula is C9H12N3O2. The van der Waals surface area contributed by atoms with Crippen molar-refractivity contribution in [2.75, 3.05) is 25.1 Å². The van der Waals surface area contributed by atoms with E-state index < -0.39 is 5.91 Å². The number of carbonyl (C=O) groups excluding carboxylic acids is 1. The molecule has 1 aromatic heterocycles. The molecule has 0 aliphatic heterocycles. The first-order chi connectivity index (χ1) is 6.65. The van der Waals surface area contributed by atoms with Gasteiger partial charge < -0.3 is 15.7 Å². The van der Waals surface area contributed by atoms with Crippen LogP contribution in [0.2, 0.25) is 0 Å². The number of primary amides is 1.